The fourth-order valence-corrected chi connectivity index (χ4v) is 0.933. The summed E-state index contributed by atoms with van der Waals surface area (Å²) in [7, 11) is 5.20. The van der Waals surface area contributed by atoms with Crippen LogP contribution in [0.3, 0.4) is 0 Å². The third-order valence-electron chi connectivity index (χ3n) is 1.60. The minimum atomic E-state index is -1.15. The number of carboxylic acids is 1. The average molecular weight is 160 g/mol. The maximum atomic E-state index is 10.5. The molecule has 0 N–H and O–H groups in total. The van der Waals surface area contributed by atoms with Gasteiger partial charge in [0.25, 0.3) is 0 Å². The minimum absolute atomic E-state index is 0.131. The van der Waals surface area contributed by atoms with Crippen LogP contribution in [0.2, 0.25) is 0 Å². The van der Waals surface area contributed by atoms with Gasteiger partial charge in [-0.3, -0.25) is 0 Å². The Bertz CT molecular complexity index is 139. The van der Waals surface area contributed by atoms with Gasteiger partial charge in [0, 0.05) is 0 Å². The highest BCUT2D eigenvalue weighted by molar-refractivity contribution is 5.69. The first-order valence-corrected chi connectivity index (χ1v) is 3.49. The van der Waals surface area contributed by atoms with E-state index in [1.54, 1.807) is 21.1 Å². The van der Waals surface area contributed by atoms with E-state index < -0.39 is 12.0 Å². The molecule has 0 heterocycles. The number of carbonyl (C=O) groups excluding carboxylic acids is 1. The summed E-state index contributed by atoms with van der Waals surface area (Å²) < 4.78 is 0.241. The monoisotopic (exact) mass is 160 g/mol. The van der Waals surface area contributed by atoms with Crippen LogP contribution in [0.1, 0.15) is 6.42 Å². The largest absolute Gasteiger partial charge is 0.854 e. The van der Waals surface area contributed by atoms with Crippen molar-refractivity contribution in [3.63, 3.8) is 0 Å². The molecule has 0 saturated heterocycles. The molecule has 0 aliphatic rings. The third kappa shape index (κ3) is 3.34. The summed E-state index contributed by atoms with van der Waals surface area (Å²) >= 11 is 0. The molecule has 1 atom stereocenters. The lowest BCUT2D eigenvalue weighted by Gasteiger charge is -2.35. The van der Waals surface area contributed by atoms with Gasteiger partial charge in [-0.25, -0.2) is 0 Å². The van der Waals surface area contributed by atoms with Gasteiger partial charge in [-0.05, 0) is 6.42 Å². The van der Waals surface area contributed by atoms with Crippen molar-refractivity contribution in [1.29, 1.82) is 0 Å². The molecule has 0 rings (SSSR count). The molecule has 1 unspecified atom stereocenters. The molecule has 66 valence electrons. The van der Waals surface area contributed by atoms with Crippen LogP contribution in [-0.2, 0) is 4.79 Å². The van der Waals surface area contributed by atoms with Gasteiger partial charge in [-0.1, -0.05) is 0 Å². The molecule has 0 aromatic carbocycles. The molecule has 0 bridgehead atoms. The molecular weight excluding hydrogens is 146 g/mol. The van der Waals surface area contributed by atoms with E-state index in [4.69, 9.17) is 0 Å². The van der Waals surface area contributed by atoms with Crippen molar-refractivity contribution in [2.45, 2.75) is 12.5 Å². The third-order valence-corrected chi connectivity index (χ3v) is 1.60. The number of rotatable bonds is 4. The number of carbonyl (C=O) groups is 1. The van der Waals surface area contributed by atoms with E-state index in [0.717, 1.165) is 0 Å². The molecule has 0 aromatic heterocycles. The maximum absolute atomic E-state index is 10.5. The molecule has 4 heteroatoms. The van der Waals surface area contributed by atoms with E-state index in [9.17, 15) is 15.0 Å². The van der Waals surface area contributed by atoms with Crippen molar-refractivity contribution in [3.05, 3.63) is 0 Å². The fourth-order valence-electron chi connectivity index (χ4n) is 0.933. The minimum Gasteiger partial charge on any atom is -0.854 e. The second kappa shape index (κ2) is 3.69. The standard InChI is InChI=1S/C7H15NO3/c1-8(2,3)6(4-5-9)7(10)11/h6H,4-5H2,1-3H3,(H,10,11)/p-1. The molecule has 0 aliphatic heterocycles. The van der Waals surface area contributed by atoms with Crippen LogP contribution in [0.25, 0.3) is 0 Å². The van der Waals surface area contributed by atoms with Crippen molar-refractivity contribution in [3.8, 4) is 0 Å². The zero-order chi connectivity index (χ0) is 9.07. The maximum Gasteiger partial charge on any atom is 0.127 e. The second-order valence-electron chi connectivity index (χ2n) is 3.44. The predicted molar refractivity (Wildman–Crippen MR) is 36.3 cm³/mol. The molecule has 0 radical (unpaired) electrons. The summed E-state index contributed by atoms with van der Waals surface area (Å²) in [4.78, 5) is 10.5. The summed E-state index contributed by atoms with van der Waals surface area (Å²) in [5.74, 6) is -1.15. The smallest absolute Gasteiger partial charge is 0.127 e. The topological polar surface area (TPSA) is 63.2 Å². The Labute approximate surface area is 66.6 Å². The lowest BCUT2D eigenvalue weighted by molar-refractivity contribution is -0.890. The number of aliphatic carboxylic acids is 1. The summed E-state index contributed by atoms with van der Waals surface area (Å²) in [5.41, 5.74) is 0. The number of carboxylic acid groups (broad SMARTS) is 1. The van der Waals surface area contributed by atoms with Crippen LogP contribution in [0.4, 0.5) is 0 Å². The quantitative estimate of drug-likeness (QED) is 0.429. The Kier molecular flexibility index (Phi) is 3.48. The van der Waals surface area contributed by atoms with Gasteiger partial charge in [-0.15, -0.1) is 6.61 Å². The van der Waals surface area contributed by atoms with E-state index in [2.05, 4.69) is 0 Å². The fraction of sp³-hybridized carbons (Fsp3) is 0.857. The van der Waals surface area contributed by atoms with E-state index in [-0.39, 0.29) is 17.5 Å². The Morgan fingerprint density at radius 3 is 2.00 bits per heavy atom. The molecule has 0 aromatic rings. The SMILES string of the molecule is C[N+](C)(C)C(CC[O-])C(=O)[O-]. The second-order valence-corrected chi connectivity index (χ2v) is 3.44. The number of hydrogen-bond donors (Lipinski definition) is 0. The first-order valence-electron chi connectivity index (χ1n) is 3.49. The zero-order valence-corrected chi connectivity index (χ0v) is 7.16. The molecule has 0 aliphatic carbocycles. The molecular formula is C7H14NO3-. The lowest BCUT2D eigenvalue weighted by Crippen LogP contribution is -2.55. The van der Waals surface area contributed by atoms with Gasteiger partial charge in [0.15, 0.2) is 0 Å². The number of quaternary nitrogens is 1. The highest BCUT2D eigenvalue weighted by Crippen LogP contribution is 2.04. The molecule has 11 heavy (non-hydrogen) atoms. The average Bonchev–Trinajstić information content (AvgIpc) is 1.79. The number of hydrogen-bond acceptors (Lipinski definition) is 3. The number of nitrogens with zero attached hydrogens (tertiary/aromatic N) is 1. The van der Waals surface area contributed by atoms with Crippen LogP contribution >= 0.6 is 0 Å². The number of likely N-dealkylation sites (N-methyl/N-ethyl adjacent to an activating group) is 1. The van der Waals surface area contributed by atoms with Gasteiger partial charge < -0.3 is 19.5 Å². The first kappa shape index (κ1) is 10.4. The Morgan fingerprint density at radius 1 is 1.45 bits per heavy atom. The van der Waals surface area contributed by atoms with E-state index >= 15 is 0 Å². The molecule has 0 spiro atoms. The van der Waals surface area contributed by atoms with Crippen LogP contribution < -0.4 is 10.2 Å². The molecule has 0 amide bonds. The van der Waals surface area contributed by atoms with Crippen molar-refractivity contribution in [2.24, 2.45) is 0 Å². The lowest BCUT2D eigenvalue weighted by atomic mass is 10.2. The summed E-state index contributed by atoms with van der Waals surface area (Å²) in [6.45, 7) is -0.367. The van der Waals surface area contributed by atoms with E-state index in [1.165, 1.54) is 0 Å². The van der Waals surface area contributed by atoms with Gasteiger partial charge in [0.05, 0.1) is 27.1 Å². The van der Waals surface area contributed by atoms with Crippen molar-refractivity contribution < 1.29 is 19.5 Å². The Balaban J connectivity index is 4.22. The van der Waals surface area contributed by atoms with Gasteiger partial charge in [0.2, 0.25) is 0 Å². The summed E-state index contributed by atoms with van der Waals surface area (Å²) in [6.07, 6.45) is 0.131. The summed E-state index contributed by atoms with van der Waals surface area (Å²) in [6, 6.07) is -0.688. The Hall–Kier alpha value is -0.610. The predicted octanol–water partition coefficient (Wildman–Crippen LogP) is -2.44. The van der Waals surface area contributed by atoms with Crippen LogP contribution in [0.5, 0.6) is 0 Å². The van der Waals surface area contributed by atoms with Crippen LogP contribution in [-0.4, -0.2) is 44.2 Å². The van der Waals surface area contributed by atoms with Crippen LogP contribution in [0, 0.1) is 0 Å². The van der Waals surface area contributed by atoms with Gasteiger partial charge in [-0.2, -0.15) is 0 Å². The highest BCUT2D eigenvalue weighted by atomic mass is 16.4. The molecule has 0 fully saturated rings. The highest BCUT2D eigenvalue weighted by Gasteiger charge is 2.22. The van der Waals surface area contributed by atoms with E-state index in [0.29, 0.717) is 0 Å². The van der Waals surface area contributed by atoms with Crippen molar-refractivity contribution in [1.82, 2.24) is 0 Å². The van der Waals surface area contributed by atoms with E-state index in [1.807, 2.05) is 0 Å². The summed E-state index contributed by atoms with van der Waals surface area (Å²) in [5, 5.41) is 20.7. The van der Waals surface area contributed by atoms with Gasteiger partial charge in [0.1, 0.15) is 6.04 Å². The first-order chi connectivity index (χ1) is 4.89. The normalized spacial score (nSPS) is 14.5. The van der Waals surface area contributed by atoms with Crippen molar-refractivity contribution in [2.75, 3.05) is 27.7 Å². The molecule has 4 nitrogen and oxygen atoms in total. The van der Waals surface area contributed by atoms with Crippen molar-refractivity contribution >= 4 is 5.97 Å². The van der Waals surface area contributed by atoms with Crippen LogP contribution in [0.15, 0.2) is 0 Å². The molecule has 0 saturated carbocycles. The Morgan fingerprint density at radius 2 is 1.91 bits per heavy atom. The van der Waals surface area contributed by atoms with Gasteiger partial charge >= 0.3 is 0 Å². The zero-order valence-electron chi connectivity index (χ0n) is 7.16.